The SMILES string of the molecule is CC(=O)NC1C(O)[C@H](O[C@@H]2OC(CO)[C@H](O)[C@H](O)C2O)[C@H](CO)O[C@H]1Oc1ccc2c(C)cc(=O)oc2c1. The number of nitrogens with one attached hydrogen (secondary N) is 1. The van der Waals surface area contributed by atoms with E-state index in [2.05, 4.69) is 5.32 Å². The highest BCUT2D eigenvalue weighted by molar-refractivity contribution is 5.81. The molecule has 210 valence electrons. The first-order valence-electron chi connectivity index (χ1n) is 11.9. The predicted molar refractivity (Wildman–Crippen MR) is 126 cm³/mol. The number of hydrogen-bond acceptors (Lipinski definition) is 13. The van der Waals surface area contributed by atoms with E-state index in [-0.39, 0.29) is 11.3 Å². The first-order chi connectivity index (χ1) is 18.0. The summed E-state index contributed by atoms with van der Waals surface area (Å²) < 4.78 is 27.9. The van der Waals surface area contributed by atoms with Crippen LogP contribution in [0.3, 0.4) is 0 Å². The van der Waals surface area contributed by atoms with Crippen molar-refractivity contribution in [2.24, 2.45) is 0 Å². The molecular formula is C24H31NO13. The first-order valence-corrected chi connectivity index (χ1v) is 11.9. The molecule has 1 aromatic heterocycles. The molecule has 2 aliphatic heterocycles. The van der Waals surface area contributed by atoms with Gasteiger partial charge in [-0.2, -0.15) is 0 Å². The Bertz CT molecular complexity index is 1190. The van der Waals surface area contributed by atoms with Gasteiger partial charge < -0.3 is 59.3 Å². The number of aliphatic hydroxyl groups excluding tert-OH is 6. The number of amides is 1. The Balaban J connectivity index is 1.58. The van der Waals surface area contributed by atoms with Crippen LogP contribution in [-0.4, -0.2) is 111 Å². The van der Waals surface area contributed by atoms with Gasteiger partial charge in [0.05, 0.1) is 13.2 Å². The Kier molecular flexibility index (Phi) is 8.66. The summed E-state index contributed by atoms with van der Waals surface area (Å²) in [5, 5.41) is 64.1. The molecule has 2 fully saturated rings. The summed E-state index contributed by atoms with van der Waals surface area (Å²) in [4.78, 5) is 23.7. The standard InChI is InChI=1S/C24H31NO13/c1-9-5-16(29)35-13-6-11(3-4-12(9)13)34-23-17(25-10(2)28)19(31)22(15(8-27)37-23)38-24-21(33)20(32)18(30)14(7-26)36-24/h3-6,14-15,17-24,26-27,30-33H,7-8H2,1-2H3,(H,25,28)/t14?,15-,17?,18-,19?,20-,21?,22+,23+,24-/m0/s1. The van der Waals surface area contributed by atoms with Gasteiger partial charge in [-0.1, -0.05) is 0 Å². The molecule has 0 saturated carbocycles. The van der Waals surface area contributed by atoms with Gasteiger partial charge in [-0.15, -0.1) is 0 Å². The van der Waals surface area contributed by atoms with E-state index in [0.29, 0.717) is 10.9 Å². The van der Waals surface area contributed by atoms with Crippen molar-refractivity contribution < 1.29 is 58.8 Å². The molecule has 3 heterocycles. The van der Waals surface area contributed by atoms with Crippen LogP contribution < -0.4 is 15.7 Å². The largest absolute Gasteiger partial charge is 0.462 e. The highest BCUT2D eigenvalue weighted by Gasteiger charge is 2.51. The van der Waals surface area contributed by atoms with E-state index in [0.717, 1.165) is 0 Å². The molecule has 4 unspecified atom stereocenters. The first kappa shape index (κ1) is 28.4. The van der Waals surface area contributed by atoms with Gasteiger partial charge >= 0.3 is 5.63 Å². The van der Waals surface area contributed by atoms with Crippen LogP contribution >= 0.6 is 0 Å². The summed E-state index contributed by atoms with van der Waals surface area (Å²) in [5.74, 6) is -0.385. The Hall–Kier alpha value is -2.66. The molecule has 7 N–H and O–H groups in total. The number of ether oxygens (including phenoxy) is 4. The molecule has 14 nitrogen and oxygen atoms in total. The summed E-state index contributed by atoms with van der Waals surface area (Å²) in [6.45, 7) is 1.54. The number of hydrogen-bond donors (Lipinski definition) is 7. The number of benzene rings is 1. The number of carbonyl (C=O) groups is 1. The zero-order valence-corrected chi connectivity index (χ0v) is 20.5. The fourth-order valence-electron chi connectivity index (χ4n) is 4.57. The molecule has 4 rings (SSSR count). The van der Waals surface area contributed by atoms with Crippen LogP contribution in [0.5, 0.6) is 5.75 Å². The minimum atomic E-state index is -1.77. The van der Waals surface area contributed by atoms with E-state index in [1.54, 1.807) is 19.1 Å². The fraction of sp³-hybridized carbons (Fsp3) is 0.583. The molecule has 0 spiro atoms. The van der Waals surface area contributed by atoms with E-state index in [4.69, 9.17) is 23.4 Å². The van der Waals surface area contributed by atoms with Crippen molar-refractivity contribution in [1.29, 1.82) is 0 Å². The molecule has 1 amide bonds. The van der Waals surface area contributed by atoms with Crippen LogP contribution in [-0.2, 0) is 19.0 Å². The lowest BCUT2D eigenvalue weighted by molar-refractivity contribution is -0.343. The molecule has 10 atom stereocenters. The fourth-order valence-corrected chi connectivity index (χ4v) is 4.57. The summed E-state index contributed by atoms with van der Waals surface area (Å²) in [6.07, 6.45) is -13.7. The van der Waals surface area contributed by atoms with Crippen LogP contribution in [0.15, 0.2) is 33.5 Å². The van der Waals surface area contributed by atoms with Crippen molar-refractivity contribution in [2.75, 3.05) is 13.2 Å². The molecule has 0 radical (unpaired) electrons. The van der Waals surface area contributed by atoms with Crippen LogP contribution in [0.1, 0.15) is 12.5 Å². The van der Waals surface area contributed by atoms with Crippen LogP contribution in [0, 0.1) is 6.92 Å². The second-order valence-corrected chi connectivity index (χ2v) is 9.26. The van der Waals surface area contributed by atoms with E-state index >= 15 is 0 Å². The second kappa shape index (κ2) is 11.6. The van der Waals surface area contributed by atoms with Gasteiger partial charge in [0.1, 0.15) is 60.1 Å². The van der Waals surface area contributed by atoms with Gasteiger partial charge in [0.15, 0.2) is 6.29 Å². The average Bonchev–Trinajstić information content (AvgIpc) is 2.87. The molecule has 14 heteroatoms. The predicted octanol–water partition coefficient (Wildman–Crippen LogP) is -2.75. The van der Waals surface area contributed by atoms with Gasteiger partial charge in [0, 0.05) is 24.4 Å². The lowest BCUT2D eigenvalue weighted by atomic mass is 9.95. The number of carbonyl (C=O) groups excluding carboxylic acids is 1. The Morgan fingerprint density at radius 3 is 2.29 bits per heavy atom. The van der Waals surface area contributed by atoms with Gasteiger partial charge in [-0.3, -0.25) is 4.79 Å². The number of rotatable bonds is 7. The third-order valence-electron chi connectivity index (χ3n) is 6.54. The maximum absolute atomic E-state index is 11.9. The van der Waals surface area contributed by atoms with Gasteiger partial charge in [-0.05, 0) is 24.6 Å². The van der Waals surface area contributed by atoms with Gasteiger partial charge in [-0.25, -0.2) is 4.79 Å². The molecular weight excluding hydrogens is 510 g/mol. The lowest BCUT2D eigenvalue weighted by Gasteiger charge is -2.47. The highest BCUT2D eigenvalue weighted by Crippen LogP contribution is 2.31. The molecule has 38 heavy (non-hydrogen) atoms. The number of fused-ring (bicyclic) bond motifs is 1. The Morgan fingerprint density at radius 2 is 1.63 bits per heavy atom. The minimum absolute atomic E-state index is 0.170. The second-order valence-electron chi connectivity index (χ2n) is 9.26. The van der Waals surface area contributed by atoms with E-state index in [1.807, 2.05) is 0 Å². The van der Waals surface area contributed by atoms with Crippen molar-refractivity contribution in [3.63, 3.8) is 0 Å². The summed E-state index contributed by atoms with van der Waals surface area (Å²) in [7, 11) is 0. The normalized spacial score (nSPS) is 35.7. The molecule has 2 aromatic rings. The number of aliphatic hydroxyl groups is 6. The Labute approximate surface area is 215 Å². The monoisotopic (exact) mass is 541 g/mol. The summed E-state index contributed by atoms with van der Waals surface area (Å²) in [5.41, 5.74) is 0.375. The molecule has 0 aliphatic carbocycles. The third-order valence-corrected chi connectivity index (χ3v) is 6.54. The van der Waals surface area contributed by atoms with Crippen molar-refractivity contribution >= 4 is 16.9 Å². The molecule has 2 aliphatic rings. The zero-order chi connectivity index (χ0) is 27.7. The van der Waals surface area contributed by atoms with Crippen LogP contribution in [0.2, 0.25) is 0 Å². The summed E-state index contributed by atoms with van der Waals surface area (Å²) in [6, 6.07) is 4.75. The average molecular weight is 542 g/mol. The topological polar surface area (TPSA) is 218 Å². The molecule has 0 bridgehead atoms. The Morgan fingerprint density at radius 1 is 0.947 bits per heavy atom. The van der Waals surface area contributed by atoms with Crippen molar-refractivity contribution in [3.8, 4) is 5.75 Å². The third kappa shape index (κ3) is 5.68. The summed E-state index contributed by atoms with van der Waals surface area (Å²) >= 11 is 0. The maximum Gasteiger partial charge on any atom is 0.336 e. The van der Waals surface area contributed by atoms with E-state index in [1.165, 1.54) is 19.1 Å². The maximum atomic E-state index is 11.9. The molecule has 1 aromatic carbocycles. The van der Waals surface area contributed by atoms with Crippen LogP contribution in [0.25, 0.3) is 11.0 Å². The van der Waals surface area contributed by atoms with Crippen LogP contribution in [0.4, 0.5) is 0 Å². The van der Waals surface area contributed by atoms with E-state index in [9.17, 15) is 40.2 Å². The molecule has 2 saturated heterocycles. The zero-order valence-electron chi connectivity index (χ0n) is 20.5. The van der Waals surface area contributed by atoms with Gasteiger partial charge in [0.2, 0.25) is 12.2 Å². The van der Waals surface area contributed by atoms with Crippen molar-refractivity contribution in [2.45, 2.75) is 75.2 Å². The minimum Gasteiger partial charge on any atom is -0.462 e. The van der Waals surface area contributed by atoms with Gasteiger partial charge in [0.25, 0.3) is 0 Å². The lowest BCUT2D eigenvalue weighted by Crippen LogP contribution is -2.68. The van der Waals surface area contributed by atoms with E-state index < -0.39 is 86.1 Å². The quantitative estimate of drug-likeness (QED) is 0.177. The van der Waals surface area contributed by atoms with Crippen molar-refractivity contribution in [1.82, 2.24) is 5.32 Å². The number of aryl methyl sites for hydroxylation is 1. The smallest absolute Gasteiger partial charge is 0.336 e. The van der Waals surface area contributed by atoms with Crippen molar-refractivity contribution in [3.05, 3.63) is 40.2 Å². The highest BCUT2D eigenvalue weighted by atomic mass is 16.7.